The third-order valence-electron chi connectivity index (χ3n) is 2.94. The van der Waals surface area contributed by atoms with E-state index in [1.165, 1.54) is 12.1 Å². The van der Waals surface area contributed by atoms with Crippen LogP contribution in [0.1, 0.15) is 11.1 Å². The van der Waals surface area contributed by atoms with E-state index in [0.717, 1.165) is 18.2 Å². The maximum atomic E-state index is 13.5. The highest BCUT2D eigenvalue weighted by Gasteiger charge is 2.14. The number of rotatable bonds is 3. The van der Waals surface area contributed by atoms with Gasteiger partial charge in [0.05, 0.1) is 10.9 Å². The van der Waals surface area contributed by atoms with Crippen LogP contribution in [0.2, 0.25) is 0 Å². The van der Waals surface area contributed by atoms with Crippen LogP contribution in [0, 0.1) is 24.4 Å². The van der Waals surface area contributed by atoms with Crippen molar-refractivity contribution in [2.24, 2.45) is 0 Å². The lowest BCUT2D eigenvalue weighted by molar-refractivity contribution is -0.115. The van der Waals surface area contributed by atoms with Crippen molar-refractivity contribution in [3.05, 3.63) is 63.4 Å². The molecule has 0 aromatic heterocycles. The second-order valence-corrected chi connectivity index (χ2v) is 5.36. The number of carbonyl (C=O) groups is 1. The van der Waals surface area contributed by atoms with Gasteiger partial charge in [0.15, 0.2) is 0 Å². The third kappa shape index (κ3) is 3.64. The number of benzene rings is 2. The lowest BCUT2D eigenvalue weighted by atomic mass is 10.1. The second-order valence-electron chi connectivity index (χ2n) is 4.51. The molecule has 0 aliphatic rings. The number of hydrogen-bond acceptors (Lipinski definition) is 1. The van der Waals surface area contributed by atoms with E-state index in [1.54, 1.807) is 6.92 Å². The summed E-state index contributed by atoms with van der Waals surface area (Å²) in [6.45, 7) is 1.68. The molecule has 0 aliphatic carbocycles. The molecule has 0 bridgehead atoms. The highest BCUT2D eigenvalue weighted by molar-refractivity contribution is 9.10. The molecule has 0 atom stereocenters. The molecule has 1 N–H and O–H groups in total. The molecule has 6 heteroatoms. The van der Waals surface area contributed by atoms with Crippen LogP contribution >= 0.6 is 15.9 Å². The van der Waals surface area contributed by atoms with Crippen molar-refractivity contribution in [1.29, 1.82) is 0 Å². The van der Waals surface area contributed by atoms with Gasteiger partial charge in [0.25, 0.3) is 0 Å². The molecular formula is C15H11BrF3NO. The molecule has 2 rings (SSSR count). The van der Waals surface area contributed by atoms with Gasteiger partial charge >= 0.3 is 0 Å². The molecule has 0 fully saturated rings. The fourth-order valence-electron chi connectivity index (χ4n) is 1.84. The minimum absolute atomic E-state index is 0.262. The molecule has 0 radical (unpaired) electrons. The summed E-state index contributed by atoms with van der Waals surface area (Å²) in [5.41, 5.74) is 0.577. The summed E-state index contributed by atoms with van der Waals surface area (Å²) in [6, 6.07) is 6.04. The van der Waals surface area contributed by atoms with Crippen LogP contribution in [0.3, 0.4) is 0 Å². The van der Waals surface area contributed by atoms with Gasteiger partial charge < -0.3 is 5.32 Å². The van der Waals surface area contributed by atoms with E-state index in [2.05, 4.69) is 21.2 Å². The number of hydrogen-bond donors (Lipinski definition) is 1. The first-order valence-corrected chi connectivity index (χ1v) is 6.86. The van der Waals surface area contributed by atoms with Gasteiger partial charge in [0.1, 0.15) is 17.5 Å². The number of nitrogens with one attached hydrogen (secondary N) is 1. The van der Waals surface area contributed by atoms with Crippen LogP contribution in [0.4, 0.5) is 18.9 Å². The Hall–Kier alpha value is -1.82. The van der Waals surface area contributed by atoms with Gasteiger partial charge in [-0.05, 0) is 52.7 Å². The predicted octanol–water partition coefficient (Wildman–Crippen LogP) is 4.36. The maximum absolute atomic E-state index is 13.5. The molecule has 2 nitrogen and oxygen atoms in total. The molecule has 21 heavy (non-hydrogen) atoms. The summed E-state index contributed by atoms with van der Waals surface area (Å²) in [5.74, 6) is -2.73. The topological polar surface area (TPSA) is 29.1 Å². The van der Waals surface area contributed by atoms with E-state index in [4.69, 9.17) is 0 Å². The Balaban J connectivity index is 2.18. The van der Waals surface area contributed by atoms with Crippen molar-refractivity contribution in [3.63, 3.8) is 0 Å². The lowest BCUT2D eigenvalue weighted by Crippen LogP contribution is -2.17. The molecule has 0 saturated heterocycles. The second kappa shape index (κ2) is 6.30. The van der Waals surface area contributed by atoms with Crippen molar-refractivity contribution in [3.8, 4) is 0 Å². The summed E-state index contributed by atoms with van der Waals surface area (Å²) in [5, 5.41) is 2.45. The third-order valence-corrected chi connectivity index (χ3v) is 3.55. The molecule has 2 aromatic rings. The molecule has 110 valence electrons. The quantitative estimate of drug-likeness (QED) is 0.868. The van der Waals surface area contributed by atoms with Crippen molar-refractivity contribution in [2.45, 2.75) is 13.3 Å². The first-order valence-electron chi connectivity index (χ1n) is 6.07. The van der Waals surface area contributed by atoms with E-state index in [1.807, 2.05) is 0 Å². The number of halogens is 4. The van der Waals surface area contributed by atoms with Crippen LogP contribution in [0.15, 0.2) is 34.8 Å². The zero-order valence-electron chi connectivity index (χ0n) is 11.0. The summed E-state index contributed by atoms with van der Waals surface area (Å²) in [6.07, 6.45) is -0.463. The Morgan fingerprint density at radius 3 is 2.38 bits per heavy atom. The van der Waals surface area contributed by atoms with Crippen LogP contribution < -0.4 is 5.32 Å². The van der Waals surface area contributed by atoms with Crippen LogP contribution in [0.25, 0.3) is 0 Å². The summed E-state index contributed by atoms with van der Waals surface area (Å²) in [7, 11) is 0. The Morgan fingerprint density at radius 1 is 1.14 bits per heavy atom. The van der Waals surface area contributed by atoms with Crippen LogP contribution in [-0.4, -0.2) is 5.91 Å². The maximum Gasteiger partial charge on any atom is 0.229 e. The van der Waals surface area contributed by atoms with Crippen LogP contribution in [0.5, 0.6) is 0 Å². The van der Waals surface area contributed by atoms with Crippen LogP contribution in [-0.2, 0) is 11.2 Å². The molecule has 0 heterocycles. The van der Waals surface area contributed by atoms with Gasteiger partial charge in [-0.3, -0.25) is 4.79 Å². The molecule has 0 aliphatic heterocycles. The van der Waals surface area contributed by atoms with Crippen molar-refractivity contribution >= 4 is 27.5 Å². The Labute approximate surface area is 128 Å². The van der Waals surface area contributed by atoms with E-state index in [0.29, 0.717) is 5.56 Å². The molecule has 2 aromatic carbocycles. The number of amides is 1. The van der Waals surface area contributed by atoms with E-state index in [-0.39, 0.29) is 15.7 Å². The average Bonchev–Trinajstić information content (AvgIpc) is 2.40. The molecular weight excluding hydrogens is 347 g/mol. The van der Waals surface area contributed by atoms with Gasteiger partial charge in [0, 0.05) is 11.3 Å². The minimum atomic E-state index is -0.788. The zero-order chi connectivity index (χ0) is 15.6. The smallest absolute Gasteiger partial charge is 0.229 e. The number of aryl methyl sites for hydroxylation is 1. The monoisotopic (exact) mass is 357 g/mol. The Kier molecular flexibility index (Phi) is 4.67. The largest absolute Gasteiger partial charge is 0.325 e. The van der Waals surface area contributed by atoms with Gasteiger partial charge in [0.2, 0.25) is 5.91 Å². The minimum Gasteiger partial charge on any atom is -0.325 e. The molecule has 0 spiro atoms. The van der Waals surface area contributed by atoms with E-state index < -0.39 is 29.8 Å². The fraction of sp³-hybridized carbons (Fsp3) is 0.133. The average molecular weight is 358 g/mol. The Bertz CT molecular complexity index is 683. The summed E-state index contributed by atoms with van der Waals surface area (Å²) >= 11 is 3.03. The van der Waals surface area contributed by atoms with E-state index >= 15 is 0 Å². The highest BCUT2D eigenvalue weighted by Crippen LogP contribution is 2.24. The molecule has 1 amide bonds. The molecule has 0 saturated carbocycles. The summed E-state index contributed by atoms with van der Waals surface area (Å²) in [4.78, 5) is 11.9. The van der Waals surface area contributed by atoms with Crippen molar-refractivity contribution in [2.75, 3.05) is 5.32 Å². The van der Waals surface area contributed by atoms with Gasteiger partial charge in [-0.25, -0.2) is 13.2 Å². The Morgan fingerprint density at radius 2 is 1.76 bits per heavy atom. The first kappa shape index (κ1) is 15.6. The summed E-state index contributed by atoms with van der Waals surface area (Å²) < 4.78 is 40.6. The van der Waals surface area contributed by atoms with Gasteiger partial charge in [-0.1, -0.05) is 6.07 Å². The standard InChI is InChI=1S/C15H11BrF3NO/c1-8-5-10(16)13(19)7-14(8)20-15(21)6-9-11(17)3-2-4-12(9)18/h2-5,7H,6H2,1H3,(H,20,21). The normalized spacial score (nSPS) is 10.5. The fourth-order valence-corrected chi connectivity index (χ4v) is 2.29. The zero-order valence-corrected chi connectivity index (χ0v) is 12.6. The highest BCUT2D eigenvalue weighted by atomic mass is 79.9. The number of anilines is 1. The van der Waals surface area contributed by atoms with Crippen molar-refractivity contribution < 1.29 is 18.0 Å². The lowest BCUT2D eigenvalue weighted by Gasteiger charge is -2.10. The van der Waals surface area contributed by atoms with Crippen molar-refractivity contribution in [1.82, 2.24) is 0 Å². The number of carbonyl (C=O) groups excluding carboxylic acids is 1. The predicted molar refractivity (Wildman–Crippen MR) is 77.5 cm³/mol. The SMILES string of the molecule is Cc1cc(Br)c(F)cc1NC(=O)Cc1c(F)cccc1F. The van der Waals surface area contributed by atoms with Gasteiger partial charge in [-0.15, -0.1) is 0 Å². The molecule has 0 unspecified atom stereocenters. The van der Waals surface area contributed by atoms with E-state index in [9.17, 15) is 18.0 Å². The van der Waals surface area contributed by atoms with Gasteiger partial charge in [-0.2, -0.15) is 0 Å². The first-order chi connectivity index (χ1) is 9.88.